The van der Waals surface area contributed by atoms with Crippen LogP contribution in [0.25, 0.3) is 0 Å². The Morgan fingerprint density at radius 3 is 2.67 bits per heavy atom. The van der Waals surface area contributed by atoms with Gasteiger partial charge in [0.1, 0.15) is 10.9 Å². The molecule has 0 aromatic carbocycles. The highest BCUT2D eigenvalue weighted by Gasteiger charge is 2.19. The van der Waals surface area contributed by atoms with Crippen molar-refractivity contribution in [3.63, 3.8) is 0 Å². The van der Waals surface area contributed by atoms with Gasteiger partial charge in [0.05, 0.1) is 5.75 Å². The number of thioether (sulfide) groups is 1. The molecule has 7 heteroatoms. The summed E-state index contributed by atoms with van der Waals surface area (Å²) in [5.41, 5.74) is 5.06. The van der Waals surface area contributed by atoms with Gasteiger partial charge in [-0.15, -0.1) is 0 Å². The number of amidine groups is 1. The van der Waals surface area contributed by atoms with Gasteiger partial charge in [0.2, 0.25) is 0 Å². The predicted molar refractivity (Wildman–Crippen MR) is 58.9 cm³/mol. The molecule has 0 bridgehead atoms. The third kappa shape index (κ3) is 1.39. The summed E-state index contributed by atoms with van der Waals surface area (Å²) in [6, 6.07) is 0. The third-order valence-corrected chi connectivity index (χ3v) is 3.38. The lowest BCUT2D eigenvalue weighted by Gasteiger charge is -2.15. The first-order valence-electron chi connectivity index (χ1n) is 4.28. The van der Waals surface area contributed by atoms with E-state index in [1.165, 1.54) is 23.4 Å². The maximum absolute atomic E-state index is 11.7. The summed E-state index contributed by atoms with van der Waals surface area (Å²) < 4.78 is 2.44. The number of aromatic nitrogens is 2. The molecule has 2 heterocycles. The molecule has 2 rings (SSSR count). The largest absolute Gasteiger partial charge is 0.386 e. The SMILES string of the molecule is Cn1c2c(c(=O)n(C)c1=O)N=C(N)CS2. The number of hydrogen-bond donors (Lipinski definition) is 1. The molecule has 0 radical (unpaired) electrons. The van der Waals surface area contributed by atoms with Crippen LogP contribution >= 0.6 is 11.8 Å². The van der Waals surface area contributed by atoms with Crippen LogP contribution in [0.15, 0.2) is 19.6 Å². The van der Waals surface area contributed by atoms with E-state index >= 15 is 0 Å². The van der Waals surface area contributed by atoms with E-state index in [1.54, 1.807) is 7.05 Å². The molecule has 0 spiro atoms. The fraction of sp³-hybridized carbons (Fsp3) is 0.375. The highest BCUT2D eigenvalue weighted by molar-refractivity contribution is 8.00. The van der Waals surface area contributed by atoms with Gasteiger partial charge < -0.3 is 5.73 Å². The van der Waals surface area contributed by atoms with E-state index in [9.17, 15) is 9.59 Å². The van der Waals surface area contributed by atoms with Crippen LogP contribution in [0.2, 0.25) is 0 Å². The number of aliphatic imine (C=N–C) groups is 1. The van der Waals surface area contributed by atoms with Crippen molar-refractivity contribution in [1.82, 2.24) is 9.13 Å². The zero-order valence-corrected chi connectivity index (χ0v) is 9.17. The number of rotatable bonds is 0. The van der Waals surface area contributed by atoms with Crippen LogP contribution in [0, 0.1) is 0 Å². The van der Waals surface area contributed by atoms with Gasteiger partial charge in [-0.2, -0.15) is 0 Å². The second-order valence-corrected chi connectivity index (χ2v) is 4.22. The average Bonchev–Trinajstić information content (AvgIpc) is 2.23. The monoisotopic (exact) mass is 226 g/mol. The molecule has 0 aliphatic carbocycles. The number of nitrogens with two attached hydrogens (primary N) is 1. The Balaban J connectivity index is 2.91. The molecule has 0 unspecified atom stereocenters. The standard InChI is InChI=1S/C8H10N4O2S/c1-11-6(13)5-7(12(2)8(11)14)15-3-4(9)10-5/h3H2,1-2H3,(H2,9,10). The Bertz CT molecular complexity index is 569. The van der Waals surface area contributed by atoms with Crippen LogP contribution in [-0.4, -0.2) is 20.7 Å². The van der Waals surface area contributed by atoms with Crippen LogP contribution in [0.4, 0.5) is 5.69 Å². The van der Waals surface area contributed by atoms with Gasteiger partial charge in [0.25, 0.3) is 5.56 Å². The number of hydrogen-bond acceptors (Lipinski definition) is 5. The molecule has 15 heavy (non-hydrogen) atoms. The van der Waals surface area contributed by atoms with Crippen molar-refractivity contribution >= 4 is 23.3 Å². The fourth-order valence-electron chi connectivity index (χ4n) is 1.39. The molecule has 0 atom stereocenters. The third-order valence-electron chi connectivity index (χ3n) is 2.20. The number of fused-ring (bicyclic) bond motifs is 1. The molecule has 1 aromatic rings. The zero-order chi connectivity index (χ0) is 11.2. The molecule has 6 nitrogen and oxygen atoms in total. The van der Waals surface area contributed by atoms with E-state index < -0.39 is 5.56 Å². The first-order chi connectivity index (χ1) is 7.02. The molecule has 2 N–H and O–H groups in total. The average molecular weight is 226 g/mol. The summed E-state index contributed by atoms with van der Waals surface area (Å²) in [5, 5.41) is 0.581. The van der Waals surface area contributed by atoms with Gasteiger partial charge in [0, 0.05) is 14.1 Å². The summed E-state index contributed by atoms with van der Waals surface area (Å²) in [5.74, 6) is 0.913. The summed E-state index contributed by atoms with van der Waals surface area (Å²) >= 11 is 1.35. The maximum Gasteiger partial charge on any atom is 0.331 e. The zero-order valence-electron chi connectivity index (χ0n) is 8.35. The van der Waals surface area contributed by atoms with Gasteiger partial charge in [-0.3, -0.25) is 13.9 Å². The van der Waals surface area contributed by atoms with E-state index in [4.69, 9.17) is 5.73 Å². The van der Waals surface area contributed by atoms with Crippen LogP contribution in [0.1, 0.15) is 0 Å². The first kappa shape index (κ1) is 10.0. The molecule has 1 aromatic heterocycles. The Kier molecular flexibility index (Phi) is 2.18. The Labute approximate surface area is 89.4 Å². The summed E-state index contributed by atoms with van der Waals surface area (Å²) in [4.78, 5) is 27.3. The minimum absolute atomic E-state index is 0.258. The highest BCUT2D eigenvalue weighted by Crippen LogP contribution is 2.28. The smallest absolute Gasteiger partial charge is 0.331 e. The van der Waals surface area contributed by atoms with Crippen LogP contribution in [0.5, 0.6) is 0 Å². The molecule has 1 aliphatic heterocycles. The Morgan fingerprint density at radius 2 is 2.00 bits per heavy atom. The van der Waals surface area contributed by atoms with Crippen molar-refractivity contribution in [1.29, 1.82) is 0 Å². The maximum atomic E-state index is 11.7. The second kappa shape index (κ2) is 3.27. The minimum atomic E-state index is -0.400. The molecular weight excluding hydrogens is 216 g/mol. The van der Waals surface area contributed by atoms with Gasteiger partial charge in [-0.1, -0.05) is 11.8 Å². The number of nitrogens with zero attached hydrogens (tertiary/aromatic N) is 3. The van der Waals surface area contributed by atoms with Crippen molar-refractivity contribution in [3.8, 4) is 0 Å². The summed E-state index contributed by atoms with van der Waals surface area (Å²) in [7, 11) is 3.04. The molecule has 1 aliphatic rings. The van der Waals surface area contributed by atoms with Crippen molar-refractivity contribution in [2.45, 2.75) is 5.03 Å². The minimum Gasteiger partial charge on any atom is -0.386 e. The molecule has 0 fully saturated rings. The van der Waals surface area contributed by atoms with Crippen LogP contribution in [0.3, 0.4) is 0 Å². The Hall–Kier alpha value is -1.50. The van der Waals surface area contributed by atoms with Gasteiger partial charge >= 0.3 is 5.69 Å². The van der Waals surface area contributed by atoms with Crippen LogP contribution in [-0.2, 0) is 14.1 Å². The normalized spacial score (nSPS) is 14.7. The van der Waals surface area contributed by atoms with E-state index in [0.29, 0.717) is 16.6 Å². The first-order valence-corrected chi connectivity index (χ1v) is 5.26. The highest BCUT2D eigenvalue weighted by atomic mass is 32.2. The lowest BCUT2D eigenvalue weighted by atomic mass is 10.5. The molecular formula is C8H10N4O2S. The van der Waals surface area contributed by atoms with E-state index in [-0.39, 0.29) is 11.4 Å². The molecule has 0 saturated heterocycles. The van der Waals surface area contributed by atoms with Crippen molar-refractivity contribution < 1.29 is 0 Å². The lowest BCUT2D eigenvalue weighted by molar-refractivity contribution is 0.638. The topological polar surface area (TPSA) is 82.4 Å². The fourth-order valence-corrected chi connectivity index (χ4v) is 2.28. The van der Waals surface area contributed by atoms with Crippen molar-refractivity contribution in [3.05, 3.63) is 20.8 Å². The van der Waals surface area contributed by atoms with E-state index in [2.05, 4.69) is 4.99 Å². The molecule has 0 saturated carbocycles. The van der Waals surface area contributed by atoms with Crippen molar-refractivity contribution in [2.24, 2.45) is 24.8 Å². The van der Waals surface area contributed by atoms with Crippen LogP contribution < -0.4 is 17.0 Å². The predicted octanol–water partition coefficient (Wildman–Crippen LogP) is -0.822. The van der Waals surface area contributed by atoms with Crippen molar-refractivity contribution in [2.75, 3.05) is 5.75 Å². The molecule has 0 amide bonds. The lowest BCUT2D eigenvalue weighted by Crippen LogP contribution is -2.38. The van der Waals surface area contributed by atoms with Gasteiger partial charge in [0.15, 0.2) is 5.69 Å². The van der Waals surface area contributed by atoms with Gasteiger partial charge in [-0.05, 0) is 0 Å². The second-order valence-electron chi connectivity index (χ2n) is 3.25. The van der Waals surface area contributed by atoms with E-state index in [1.807, 2.05) is 0 Å². The van der Waals surface area contributed by atoms with Gasteiger partial charge in [-0.25, -0.2) is 9.79 Å². The summed E-state index contributed by atoms with van der Waals surface area (Å²) in [6.07, 6.45) is 0. The quantitative estimate of drug-likeness (QED) is 0.586. The van der Waals surface area contributed by atoms with E-state index in [0.717, 1.165) is 4.57 Å². The molecule has 80 valence electrons. The Morgan fingerprint density at radius 1 is 1.33 bits per heavy atom. The summed E-state index contributed by atoms with van der Waals surface area (Å²) in [6.45, 7) is 0.